The average molecular weight is 425 g/mol. The van der Waals surface area contributed by atoms with Crippen molar-refractivity contribution in [2.75, 3.05) is 0 Å². The summed E-state index contributed by atoms with van der Waals surface area (Å²) < 4.78 is 5.84. The van der Waals surface area contributed by atoms with Crippen LogP contribution < -0.4 is 0 Å². The summed E-state index contributed by atoms with van der Waals surface area (Å²) in [7, 11) is 0. The molecule has 0 fully saturated rings. The number of carbonyl (C=O) groups excluding carboxylic acids is 1. The summed E-state index contributed by atoms with van der Waals surface area (Å²) in [6.45, 7) is 5.85. The van der Waals surface area contributed by atoms with Crippen LogP contribution in [-0.4, -0.2) is 56.8 Å². The second-order valence-corrected chi connectivity index (χ2v) is 8.88. The molecule has 4 N–H and O–H groups in total. The molecular weight excluding hydrogens is 388 g/mol. The molecule has 0 spiro atoms. The van der Waals surface area contributed by atoms with E-state index >= 15 is 0 Å². The van der Waals surface area contributed by atoms with E-state index in [1.165, 1.54) is 0 Å². The van der Waals surface area contributed by atoms with Crippen LogP contribution in [0.15, 0.2) is 23.8 Å². The second-order valence-electron chi connectivity index (χ2n) is 8.88. The zero-order chi connectivity index (χ0) is 22.4. The van der Waals surface area contributed by atoms with E-state index in [2.05, 4.69) is 13.0 Å². The predicted molar refractivity (Wildman–Crippen MR) is 111 cm³/mol. The molecule has 0 aromatic carbocycles. The first-order valence-corrected chi connectivity index (χ1v) is 11.0. The van der Waals surface area contributed by atoms with Crippen LogP contribution in [-0.2, 0) is 14.3 Å². The number of aliphatic carboxylic acids is 1. The van der Waals surface area contributed by atoms with E-state index in [4.69, 9.17) is 9.84 Å². The first-order chi connectivity index (χ1) is 14.1. The van der Waals surface area contributed by atoms with Gasteiger partial charge in [0, 0.05) is 12.3 Å². The van der Waals surface area contributed by atoms with Crippen molar-refractivity contribution in [3.05, 3.63) is 23.8 Å². The molecule has 0 heterocycles. The number of carbonyl (C=O) groups is 2. The molecule has 0 saturated carbocycles. The molecule has 2 unspecified atom stereocenters. The van der Waals surface area contributed by atoms with Crippen molar-refractivity contribution < 1.29 is 34.8 Å². The molecule has 30 heavy (non-hydrogen) atoms. The smallest absolute Gasteiger partial charge is 0.308 e. The molecule has 0 bridgehead atoms. The third kappa shape index (κ3) is 6.65. The Hall–Kier alpha value is -1.70. The maximum Gasteiger partial charge on any atom is 0.308 e. The number of carboxylic acids is 1. The van der Waals surface area contributed by atoms with E-state index in [-0.39, 0.29) is 42.5 Å². The van der Waals surface area contributed by atoms with Gasteiger partial charge in [0.15, 0.2) is 0 Å². The molecule has 0 aromatic rings. The normalized spacial score (nSPS) is 31.3. The number of ether oxygens (including phenoxy) is 1. The Bertz CT molecular complexity index is 656. The topological polar surface area (TPSA) is 124 Å². The highest BCUT2D eigenvalue weighted by atomic mass is 16.5. The first kappa shape index (κ1) is 24.6. The number of carboxylic acid groups (broad SMARTS) is 1. The minimum absolute atomic E-state index is 0.0156. The molecule has 0 aliphatic heterocycles. The number of aliphatic hydroxyl groups excluding tert-OH is 3. The van der Waals surface area contributed by atoms with E-state index < -0.39 is 30.4 Å². The zero-order valence-corrected chi connectivity index (χ0v) is 18.1. The summed E-state index contributed by atoms with van der Waals surface area (Å²) in [6.07, 6.45) is 4.64. The van der Waals surface area contributed by atoms with Crippen LogP contribution >= 0.6 is 0 Å². The van der Waals surface area contributed by atoms with E-state index in [1.807, 2.05) is 26.0 Å². The lowest BCUT2D eigenvalue weighted by Crippen LogP contribution is -2.43. The first-order valence-electron chi connectivity index (χ1n) is 11.0. The van der Waals surface area contributed by atoms with Gasteiger partial charge < -0.3 is 25.2 Å². The van der Waals surface area contributed by atoms with Gasteiger partial charge in [-0.05, 0) is 43.1 Å². The molecule has 7 heteroatoms. The van der Waals surface area contributed by atoms with Crippen molar-refractivity contribution in [1.29, 1.82) is 0 Å². The summed E-state index contributed by atoms with van der Waals surface area (Å²) in [4.78, 5) is 23.1. The average Bonchev–Trinajstić information content (AvgIpc) is 2.65. The molecular formula is C23H36O7. The summed E-state index contributed by atoms with van der Waals surface area (Å²) in [5.74, 6) is -1.31. The van der Waals surface area contributed by atoms with Crippen LogP contribution in [0.25, 0.3) is 0 Å². The molecule has 2 aliphatic carbocycles. The summed E-state index contributed by atoms with van der Waals surface area (Å²) >= 11 is 0. The number of fused-ring (bicyclic) bond motifs is 1. The third-order valence-electron chi connectivity index (χ3n) is 6.44. The molecule has 2 aliphatic rings. The standard InChI is InChI=1S/C23H36O7/c1-4-13(2)23(29)30-20-11-17(25)9-15-6-5-14(3)19(22(15)20)8-7-16(24)10-18(26)12-21(27)28/h5-6,9,13-14,16-20,22,24-26H,4,7-8,10-12H2,1-3H3,(H,27,28)/t13-,14?,16+,17+,18+,19-,20?,22-/m0/s1. The van der Waals surface area contributed by atoms with Crippen molar-refractivity contribution in [3.63, 3.8) is 0 Å². The third-order valence-corrected chi connectivity index (χ3v) is 6.44. The van der Waals surface area contributed by atoms with Crippen molar-refractivity contribution in [2.45, 2.75) is 83.7 Å². The van der Waals surface area contributed by atoms with Gasteiger partial charge in [0.2, 0.25) is 0 Å². The number of aliphatic hydroxyl groups is 3. The number of rotatable bonds is 10. The van der Waals surface area contributed by atoms with E-state index in [9.17, 15) is 24.9 Å². The largest absolute Gasteiger partial charge is 0.481 e. The lowest BCUT2D eigenvalue weighted by Gasteiger charge is -2.43. The summed E-state index contributed by atoms with van der Waals surface area (Å²) in [5.41, 5.74) is 0.958. The highest BCUT2D eigenvalue weighted by Crippen LogP contribution is 2.44. The molecule has 2 rings (SSSR count). The molecule has 0 aromatic heterocycles. The highest BCUT2D eigenvalue weighted by molar-refractivity contribution is 5.72. The van der Waals surface area contributed by atoms with Gasteiger partial charge in [0.1, 0.15) is 6.10 Å². The molecule has 0 radical (unpaired) electrons. The fourth-order valence-corrected chi connectivity index (χ4v) is 4.52. The minimum atomic E-state index is -1.10. The van der Waals surface area contributed by atoms with Crippen LogP contribution in [0.5, 0.6) is 0 Å². The Balaban J connectivity index is 2.09. The van der Waals surface area contributed by atoms with Gasteiger partial charge in [-0.15, -0.1) is 0 Å². The molecule has 0 amide bonds. The van der Waals surface area contributed by atoms with E-state index in [1.54, 1.807) is 0 Å². The van der Waals surface area contributed by atoms with Gasteiger partial charge in [-0.3, -0.25) is 9.59 Å². The summed E-state index contributed by atoms with van der Waals surface area (Å²) in [5, 5.41) is 39.1. The number of hydrogen-bond acceptors (Lipinski definition) is 6. The lowest BCUT2D eigenvalue weighted by atomic mass is 9.66. The minimum Gasteiger partial charge on any atom is -0.481 e. The maximum absolute atomic E-state index is 12.4. The number of allylic oxidation sites excluding steroid dienone is 2. The van der Waals surface area contributed by atoms with Gasteiger partial charge in [-0.25, -0.2) is 0 Å². The summed E-state index contributed by atoms with van der Waals surface area (Å²) in [6, 6.07) is 0. The Kier molecular flexibility index (Phi) is 9.07. The monoisotopic (exact) mass is 424 g/mol. The van der Waals surface area contributed by atoms with Gasteiger partial charge >= 0.3 is 11.9 Å². The number of hydrogen-bond donors (Lipinski definition) is 4. The Morgan fingerprint density at radius 2 is 1.97 bits per heavy atom. The Labute approximate surface area is 178 Å². The Morgan fingerprint density at radius 3 is 2.60 bits per heavy atom. The molecule has 0 saturated heterocycles. The molecule has 7 nitrogen and oxygen atoms in total. The van der Waals surface area contributed by atoms with Crippen LogP contribution in [0.1, 0.15) is 59.3 Å². The van der Waals surface area contributed by atoms with Gasteiger partial charge in [0.25, 0.3) is 0 Å². The Morgan fingerprint density at radius 1 is 1.27 bits per heavy atom. The zero-order valence-electron chi connectivity index (χ0n) is 18.1. The molecule has 8 atom stereocenters. The maximum atomic E-state index is 12.4. The van der Waals surface area contributed by atoms with E-state index in [0.717, 1.165) is 5.57 Å². The predicted octanol–water partition coefficient (Wildman–Crippen LogP) is 2.44. The van der Waals surface area contributed by atoms with Crippen LogP contribution in [0, 0.1) is 23.7 Å². The lowest BCUT2D eigenvalue weighted by molar-refractivity contribution is -0.159. The van der Waals surface area contributed by atoms with Crippen molar-refractivity contribution in [3.8, 4) is 0 Å². The van der Waals surface area contributed by atoms with Crippen LogP contribution in [0.4, 0.5) is 0 Å². The quantitative estimate of drug-likeness (QED) is 0.397. The van der Waals surface area contributed by atoms with Gasteiger partial charge in [-0.1, -0.05) is 39.0 Å². The van der Waals surface area contributed by atoms with Crippen LogP contribution in [0.3, 0.4) is 0 Å². The van der Waals surface area contributed by atoms with Gasteiger partial charge in [-0.2, -0.15) is 0 Å². The van der Waals surface area contributed by atoms with Crippen molar-refractivity contribution >= 4 is 11.9 Å². The van der Waals surface area contributed by atoms with Crippen LogP contribution in [0.2, 0.25) is 0 Å². The van der Waals surface area contributed by atoms with Gasteiger partial charge in [0.05, 0.1) is 30.7 Å². The highest BCUT2D eigenvalue weighted by Gasteiger charge is 2.42. The SMILES string of the molecule is CC[C@H](C)C(=O)OC1C[C@H](O)C=C2C=CC(C)[C@H](CC[C@@H](O)C[C@@H](O)CC(=O)O)[C@H]21. The van der Waals surface area contributed by atoms with Crippen molar-refractivity contribution in [2.24, 2.45) is 23.7 Å². The number of esters is 1. The fraction of sp³-hybridized carbons (Fsp3) is 0.739. The van der Waals surface area contributed by atoms with Crippen molar-refractivity contribution in [1.82, 2.24) is 0 Å². The molecule has 170 valence electrons. The fourth-order valence-electron chi connectivity index (χ4n) is 4.52. The second kappa shape index (κ2) is 11.1. The van der Waals surface area contributed by atoms with E-state index in [0.29, 0.717) is 25.7 Å².